The summed E-state index contributed by atoms with van der Waals surface area (Å²) >= 11 is 3.24. The molecule has 0 spiro atoms. The fraction of sp³-hybridized carbons (Fsp3) is 0.133. The summed E-state index contributed by atoms with van der Waals surface area (Å²) < 4.78 is 24.8. The first-order valence-corrected chi connectivity index (χ1v) is 8.87. The van der Waals surface area contributed by atoms with Crippen LogP contribution in [0.15, 0.2) is 57.9 Å². The zero-order chi connectivity index (χ0) is 16.2. The van der Waals surface area contributed by atoms with Gasteiger partial charge >= 0.3 is 0 Å². The van der Waals surface area contributed by atoms with Crippen molar-refractivity contribution < 1.29 is 13.2 Å². The molecule has 0 aliphatic heterocycles. The third-order valence-corrected chi connectivity index (χ3v) is 5.01. The van der Waals surface area contributed by atoms with Crippen LogP contribution >= 0.6 is 15.9 Å². The van der Waals surface area contributed by atoms with Gasteiger partial charge in [-0.1, -0.05) is 31.2 Å². The standard InChI is InChI=1S/C15H15BrN2O3S/c1-2-11-7-9-12(10-8-11)22(20,21)18-17-15(19)13-5-3-4-6-14(13)16/h3-10,18H,2H2,1H3,(H,17,19). The second-order valence-electron chi connectivity index (χ2n) is 4.54. The Morgan fingerprint density at radius 3 is 2.32 bits per heavy atom. The van der Waals surface area contributed by atoms with E-state index >= 15 is 0 Å². The van der Waals surface area contributed by atoms with Crippen molar-refractivity contribution in [3.05, 3.63) is 64.1 Å². The SMILES string of the molecule is CCc1ccc(S(=O)(=O)NNC(=O)c2ccccc2Br)cc1. The predicted octanol–water partition coefficient (Wildman–Crippen LogP) is 2.63. The van der Waals surface area contributed by atoms with Crippen molar-refractivity contribution in [1.29, 1.82) is 0 Å². The van der Waals surface area contributed by atoms with Crippen molar-refractivity contribution in [1.82, 2.24) is 10.3 Å². The molecule has 0 atom stereocenters. The summed E-state index contributed by atoms with van der Waals surface area (Å²) in [5.74, 6) is -0.541. The molecule has 22 heavy (non-hydrogen) atoms. The smallest absolute Gasteiger partial charge is 0.267 e. The average molecular weight is 383 g/mol. The first kappa shape index (κ1) is 16.7. The molecule has 0 radical (unpaired) electrons. The van der Waals surface area contributed by atoms with Crippen LogP contribution in [0.5, 0.6) is 0 Å². The highest BCUT2D eigenvalue weighted by molar-refractivity contribution is 9.10. The second kappa shape index (κ2) is 7.04. The van der Waals surface area contributed by atoms with Crippen LogP contribution in [0.25, 0.3) is 0 Å². The van der Waals surface area contributed by atoms with Crippen molar-refractivity contribution >= 4 is 31.9 Å². The number of rotatable bonds is 5. The maximum Gasteiger partial charge on any atom is 0.267 e. The number of carbonyl (C=O) groups excluding carboxylic acids is 1. The van der Waals surface area contributed by atoms with Gasteiger partial charge in [0.05, 0.1) is 10.5 Å². The van der Waals surface area contributed by atoms with E-state index in [0.29, 0.717) is 10.0 Å². The zero-order valence-electron chi connectivity index (χ0n) is 11.8. The number of carbonyl (C=O) groups is 1. The van der Waals surface area contributed by atoms with Gasteiger partial charge in [0.15, 0.2) is 0 Å². The summed E-state index contributed by atoms with van der Waals surface area (Å²) in [5.41, 5.74) is 3.58. The molecule has 0 bridgehead atoms. The molecule has 2 aromatic carbocycles. The molecule has 5 nitrogen and oxygen atoms in total. The van der Waals surface area contributed by atoms with Gasteiger partial charge in [0.1, 0.15) is 0 Å². The lowest BCUT2D eigenvalue weighted by molar-refractivity contribution is 0.0944. The van der Waals surface area contributed by atoms with E-state index < -0.39 is 15.9 Å². The number of amides is 1. The highest BCUT2D eigenvalue weighted by Crippen LogP contribution is 2.15. The molecule has 2 N–H and O–H groups in total. The van der Waals surface area contributed by atoms with E-state index in [-0.39, 0.29) is 4.90 Å². The van der Waals surface area contributed by atoms with Gasteiger partial charge in [0.2, 0.25) is 0 Å². The van der Waals surface area contributed by atoms with Crippen molar-refractivity contribution in [3.8, 4) is 0 Å². The molecule has 2 aromatic rings. The number of benzene rings is 2. The molecule has 1 amide bonds. The van der Waals surface area contributed by atoms with Crippen molar-refractivity contribution in [2.45, 2.75) is 18.2 Å². The predicted molar refractivity (Wildman–Crippen MR) is 87.7 cm³/mol. The zero-order valence-corrected chi connectivity index (χ0v) is 14.2. The molecule has 0 heterocycles. The maximum atomic E-state index is 12.1. The molecule has 7 heteroatoms. The highest BCUT2D eigenvalue weighted by Gasteiger charge is 2.16. The lowest BCUT2D eigenvalue weighted by Gasteiger charge is -2.09. The topological polar surface area (TPSA) is 75.3 Å². The Morgan fingerprint density at radius 2 is 1.73 bits per heavy atom. The second-order valence-corrected chi connectivity index (χ2v) is 7.07. The Hall–Kier alpha value is -1.70. The van der Waals surface area contributed by atoms with E-state index in [0.717, 1.165) is 12.0 Å². The lowest BCUT2D eigenvalue weighted by atomic mass is 10.2. The van der Waals surface area contributed by atoms with Crippen molar-refractivity contribution in [2.75, 3.05) is 0 Å². The molecular formula is C15H15BrN2O3S. The van der Waals surface area contributed by atoms with E-state index in [2.05, 4.69) is 26.2 Å². The molecule has 0 saturated heterocycles. The minimum atomic E-state index is -3.80. The van der Waals surface area contributed by atoms with Crippen molar-refractivity contribution in [3.63, 3.8) is 0 Å². The highest BCUT2D eigenvalue weighted by atomic mass is 79.9. The summed E-state index contributed by atoms with van der Waals surface area (Å²) in [6.07, 6.45) is 0.826. The number of aryl methyl sites for hydroxylation is 1. The molecule has 0 aliphatic rings. The van der Waals surface area contributed by atoms with Crippen LogP contribution in [0, 0.1) is 0 Å². The van der Waals surface area contributed by atoms with E-state index in [1.165, 1.54) is 12.1 Å². The minimum Gasteiger partial charge on any atom is -0.273 e. The molecule has 2 rings (SSSR count). The van der Waals surface area contributed by atoms with Gasteiger partial charge in [-0.05, 0) is 52.2 Å². The minimum absolute atomic E-state index is 0.0946. The van der Waals surface area contributed by atoms with Crippen LogP contribution in [0.3, 0.4) is 0 Å². The normalized spacial score (nSPS) is 11.2. The van der Waals surface area contributed by atoms with Gasteiger partial charge in [-0.2, -0.15) is 0 Å². The molecule has 116 valence electrons. The average Bonchev–Trinajstić information content (AvgIpc) is 2.53. The summed E-state index contributed by atoms with van der Waals surface area (Å²) in [4.78, 5) is 14.2. The van der Waals surface area contributed by atoms with Crippen molar-refractivity contribution in [2.24, 2.45) is 0 Å². The third-order valence-electron chi connectivity index (χ3n) is 3.06. The number of hydrazine groups is 1. The van der Waals surface area contributed by atoms with Gasteiger partial charge in [-0.15, -0.1) is 4.83 Å². The Kier molecular flexibility index (Phi) is 5.33. The summed E-state index contributed by atoms with van der Waals surface area (Å²) in [5, 5.41) is 0. The monoisotopic (exact) mass is 382 g/mol. The summed E-state index contributed by atoms with van der Waals surface area (Å²) in [6, 6.07) is 13.2. The quantitative estimate of drug-likeness (QED) is 0.780. The van der Waals surface area contributed by atoms with Gasteiger partial charge in [0.25, 0.3) is 15.9 Å². The van der Waals surface area contributed by atoms with E-state index in [4.69, 9.17) is 0 Å². The lowest BCUT2D eigenvalue weighted by Crippen LogP contribution is -2.41. The molecule has 0 aliphatic carbocycles. The van der Waals surface area contributed by atoms with Gasteiger partial charge in [-0.25, -0.2) is 8.42 Å². The summed E-state index contributed by atoms with van der Waals surface area (Å²) in [7, 11) is -3.80. The van der Waals surface area contributed by atoms with Crippen LogP contribution in [0.2, 0.25) is 0 Å². The fourth-order valence-corrected chi connectivity index (χ4v) is 3.09. The van der Waals surface area contributed by atoms with Crippen LogP contribution in [0.1, 0.15) is 22.8 Å². The molecular weight excluding hydrogens is 368 g/mol. The molecule has 0 unspecified atom stereocenters. The number of sulfonamides is 1. The first-order valence-electron chi connectivity index (χ1n) is 6.59. The van der Waals surface area contributed by atoms with Crippen LogP contribution in [-0.4, -0.2) is 14.3 Å². The molecule has 0 saturated carbocycles. The molecule has 0 fully saturated rings. The van der Waals surface area contributed by atoms with E-state index in [1.807, 2.05) is 6.92 Å². The van der Waals surface area contributed by atoms with Crippen LogP contribution in [0.4, 0.5) is 0 Å². The molecule has 0 aromatic heterocycles. The first-order chi connectivity index (χ1) is 10.4. The summed E-state index contributed by atoms with van der Waals surface area (Å²) in [6.45, 7) is 1.99. The third kappa shape index (κ3) is 3.94. The Morgan fingerprint density at radius 1 is 1.09 bits per heavy atom. The van der Waals surface area contributed by atoms with E-state index in [1.54, 1.807) is 36.4 Å². The Labute approximate surface area is 137 Å². The van der Waals surface area contributed by atoms with E-state index in [9.17, 15) is 13.2 Å². The largest absolute Gasteiger partial charge is 0.273 e. The number of hydrogen-bond donors (Lipinski definition) is 2. The van der Waals surface area contributed by atoms with Crippen LogP contribution in [-0.2, 0) is 16.4 Å². The van der Waals surface area contributed by atoms with Gasteiger partial charge < -0.3 is 0 Å². The van der Waals surface area contributed by atoms with Gasteiger partial charge in [-0.3, -0.25) is 10.2 Å². The maximum absolute atomic E-state index is 12.1. The number of hydrogen-bond acceptors (Lipinski definition) is 3. The number of halogens is 1. The fourth-order valence-electron chi connectivity index (χ4n) is 1.79. The Balaban J connectivity index is 2.09. The van der Waals surface area contributed by atoms with Crippen LogP contribution < -0.4 is 10.3 Å². The number of nitrogens with one attached hydrogen (secondary N) is 2. The Bertz CT molecular complexity index is 774. The van der Waals surface area contributed by atoms with Gasteiger partial charge in [0, 0.05) is 4.47 Å².